The minimum absolute atomic E-state index is 0.971. The monoisotopic (exact) mass is 192 g/mol. The molecule has 2 atom stereocenters. The molecule has 0 bridgehead atoms. The summed E-state index contributed by atoms with van der Waals surface area (Å²) >= 11 is 5.58. The molecule has 11 heavy (non-hydrogen) atoms. The molecule has 68 valence electrons. The van der Waals surface area contributed by atoms with Crippen LogP contribution in [-0.4, -0.2) is 17.8 Å². The van der Waals surface area contributed by atoms with Crippen molar-refractivity contribution in [3.05, 3.63) is 0 Å². The predicted octanol–water partition coefficient (Wildman–Crippen LogP) is 3.47. The summed E-state index contributed by atoms with van der Waals surface area (Å²) in [6, 6.07) is 0. The Labute approximate surface area is 80.9 Å². The highest BCUT2D eigenvalue weighted by molar-refractivity contribution is 7.99. The molecule has 0 aromatic rings. The van der Waals surface area contributed by atoms with Crippen LogP contribution in [0.5, 0.6) is 0 Å². The normalized spacial score (nSPS) is 30.5. The summed E-state index contributed by atoms with van der Waals surface area (Å²) in [5, 5.41) is 0.971. The molecule has 0 aliphatic heterocycles. The van der Waals surface area contributed by atoms with Crippen molar-refractivity contribution >= 4 is 24.4 Å². The fourth-order valence-electron chi connectivity index (χ4n) is 1.63. The van der Waals surface area contributed by atoms with E-state index in [4.69, 9.17) is 0 Å². The molecule has 0 N–H and O–H groups in total. The van der Waals surface area contributed by atoms with E-state index in [0.717, 1.165) is 11.2 Å². The van der Waals surface area contributed by atoms with Crippen LogP contribution in [0.25, 0.3) is 0 Å². The molecule has 0 heterocycles. The van der Waals surface area contributed by atoms with Crippen molar-refractivity contribution < 1.29 is 0 Å². The molecule has 2 unspecified atom stereocenters. The summed E-state index contributed by atoms with van der Waals surface area (Å²) in [6.07, 6.45) is 9.80. The van der Waals surface area contributed by atoms with E-state index in [0.29, 0.717) is 0 Å². The molecule has 0 amide bonds. The van der Waals surface area contributed by atoms with E-state index in [1.54, 1.807) is 6.26 Å². The minimum atomic E-state index is 0.971. The molecule has 0 aromatic heterocycles. The lowest BCUT2D eigenvalue weighted by Crippen LogP contribution is -2.18. The van der Waals surface area contributed by atoms with Gasteiger partial charge in [0.2, 0.25) is 0 Å². The van der Waals surface area contributed by atoms with Gasteiger partial charge in [-0.3, -0.25) is 0 Å². The number of hydrogen-bond acceptors (Lipinski definition) is 2. The number of rotatable bonds is 1. The maximum Gasteiger partial charge on any atom is 0.00699 e. The Morgan fingerprint density at radius 1 is 1.18 bits per heavy atom. The van der Waals surface area contributed by atoms with Crippen molar-refractivity contribution in [2.45, 2.75) is 37.9 Å². The van der Waals surface area contributed by atoms with Gasteiger partial charge in [-0.15, -0.1) is 0 Å². The van der Waals surface area contributed by atoms with Gasteiger partial charge in [-0.1, -0.05) is 19.8 Å². The van der Waals surface area contributed by atoms with Crippen LogP contribution in [-0.2, 0) is 0 Å². The van der Waals surface area contributed by atoms with Crippen molar-refractivity contribution in [1.82, 2.24) is 0 Å². The van der Waals surface area contributed by atoms with Crippen molar-refractivity contribution in [1.29, 1.82) is 0 Å². The van der Waals surface area contributed by atoms with Gasteiger partial charge in [0.25, 0.3) is 0 Å². The Morgan fingerprint density at radius 3 is 2.09 bits per heavy atom. The van der Waals surface area contributed by atoms with Crippen LogP contribution in [0.4, 0.5) is 0 Å². The van der Waals surface area contributed by atoms with Crippen molar-refractivity contribution in [3.8, 4) is 0 Å². The molecule has 1 aliphatic rings. The Hall–Kier alpha value is 0.700. The number of hydrogen-bond donors (Lipinski definition) is 1. The highest BCUT2D eigenvalue weighted by Crippen LogP contribution is 2.31. The van der Waals surface area contributed by atoms with Gasteiger partial charge >= 0.3 is 0 Å². The number of thioether (sulfide) groups is 1. The molecule has 0 nitrogen and oxygen atoms in total. The first-order chi connectivity index (χ1) is 5.34. The first kappa shape index (κ1) is 11.7. The van der Waals surface area contributed by atoms with E-state index >= 15 is 0 Å². The second-order valence-corrected chi connectivity index (χ2v) is 4.11. The first-order valence-corrected chi connectivity index (χ1v) is 6.50. The van der Waals surface area contributed by atoms with Crippen LogP contribution in [0.2, 0.25) is 0 Å². The fourth-order valence-corrected chi connectivity index (χ4v) is 2.64. The second-order valence-electron chi connectivity index (χ2n) is 3.04. The third-order valence-electron chi connectivity index (χ3n) is 2.34. The highest BCUT2D eigenvalue weighted by atomic mass is 32.2. The third-order valence-corrected chi connectivity index (χ3v) is 3.64. The average molecular weight is 192 g/mol. The van der Waals surface area contributed by atoms with Gasteiger partial charge in [0, 0.05) is 5.25 Å². The zero-order valence-corrected chi connectivity index (χ0v) is 9.55. The molecule has 1 fully saturated rings. The molecule has 0 aromatic carbocycles. The second kappa shape index (κ2) is 7.35. The van der Waals surface area contributed by atoms with Gasteiger partial charge in [0.1, 0.15) is 0 Å². The third kappa shape index (κ3) is 4.32. The van der Waals surface area contributed by atoms with E-state index in [1.165, 1.54) is 25.7 Å². The van der Waals surface area contributed by atoms with Gasteiger partial charge in [0.15, 0.2) is 0 Å². The zero-order chi connectivity index (χ0) is 8.69. The molecular formula is C9H20S2. The van der Waals surface area contributed by atoms with Gasteiger partial charge in [-0.05, 0) is 31.3 Å². The van der Waals surface area contributed by atoms with Crippen LogP contribution < -0.4 is 0 Å². The topological polar surface area (TPSA) is 0 Å². The Morgan fingerprint density at radius 2 is 1.73 bits per heavy atom. The smallest absolute Gasteiger partial charge is 0.00699 e. The summed E-state index contributed by atoms with van der Waals surface area (Å²) in [5.41, 5.74) is 0. The standard InChI is InChI=1S/C8H16S.CH4S/c1-7-5-3-4-6-8(7)9-2;1-2/h7-8H,3-6H2,1-2H3;2H,1H3. The van der Waals surface area contributed by atoms with Crippen molar-refractivity contribution in [3.63, 3.8) is 0 Å². The Kier molecular flexibility index (Phi) is 7.82. The van der Waals surface area contributed by atoms with Gasteiger partial charge in [0.05, 0.1) is 0 Å². The van der Waals surface area contributed by atoms with Gasteiger partial charge < -0.3 is 0 Å². The molecule has 1 saturated carbocycles. The molecule has 0 saturated heterocycles. The molecular weight excluding hydrogens is 172 g/mol. The van der Waals surface area contributed by atoms with Crippen LogP contribution in [0, 0.1) is 5.92 Å². The molecule has 1 rings (SSSR count). The van der Waals surface area contributed by atoms with E-state index in [9.17, 15) is 0 Å². The summed E-state index contributed by atoms with van der Waals surface area (Å²) in [5.74, 6) is 0.980. The SMILES string of the molecule is CS.CSC1CCCCC1C. The Bertz CT molecular complexity index is 83.6. The maximum absolute atomic E-state index is 3.53. The molecule has 0 spiro atoms. The summed E-state index contributed by atoms with van der Waals surface area (Å²) < 4.78 is 0. The highest BCUT2D eigenvalue weighted by Gasteiger charge is 2.19. The van der Waals surface area contributed by atoms with Gasteiger partial charge in [-0.25, -0.2) is 0 Å². The quantitative estimate of drug-likeness (QED) is 0.621. The maximum atomic E-state index is 3.53. The lowest BCUT2D eigenvalue weighted by molar-refractivity contribution is 0.398. The summed E-state index contributed by atoms with van der Waals surface area (Å²) in [6.45, 7) is 2.39. The van der Waals surface area contributed by atoms with Crippen molar-refractivity contribution in [2.75, 3.05) is 12.5 Å². The van der Waals surface area contributed by atoms with Crippen LogP contribution in [0.15, 0.2) is 0 Å². The summed E-state index contributed by atoms with van der Waals surface area (Å²) in [7, 11) is 0. The Balaban J connectivity index is 0.000000461. The van der Waals surface area contributed by atoms with E-state index in [1.807, 2.05) is 0 Å². The van der Waals surface area contributed by atoms with Crippen molar-refractivity contribution in [2.24, 2.45) is 5.92 Å². The van der Waals surface area contributed by atoms with E-state index in [-0.39, 0.29) is 0 Å². The molecule has 0 radical (unpaired) electrons. The van der Waals surface area contributed by atoms with Gasteiger partial charge in [-0.2, -0.15) is 24.4 Å². The lowest BCUT2D eigenvalue weighted by Gasteiger charge is -2.26. The average Bonchev–Trinajstić information content (AvgIpc) is 2.09. The number of thiol groups is 1. The van der Waals surface area contributed by atoms with E-state index < -0.39 is 0 Å². The van der Waals surface area contributed by atoms with Crippen LogP contribution in [0.3, 0.4) is 0 Å². The first-order valence-electron chi connectivity index (χ1n) is 4.32. The molecule has 1 aliphatic carbocycles. The largest absolute Gasteiger partial charge is 0.183 e. The minimum Gasteiger partial charge on any atom is -0.183 e. The van der Waals surface area contributed by atoms with E-state index in [2.05, 4.69) is 37.6 Å². The van der Waals surface area contributed by atoms with Crippen LogP contribution in [0.1, 0.15) is 32.6 Å². The predicted molar refractivity (Wildman–Crippen MR) is 59.8 cm³/mol. The molecule has 2 heteroatoms. The lowest BCUT2D eigenvalue weighted by atomic mass is 9.90. The summed E-state index contributed by atoms with van der Waals surface area (Å²) in [4.78, 5) is 0. The van der Waals surface area contributed by atoms with Crippen LogP contribution >= 0.6 is 24.4 Å². The fraction of sp³-hybridized carbons (Fsp3) is 1.00. The zero-order valence-electron chi connectivity index (χ0n) is 7.84.